The number of hydrogen-bond acceptors (Lipinski definition) is 5. The molecule has 0 spiro atoms. The summed E-state index contributed by atoms with van der Waals surface area (Å²) in [6.07, 6.45) is 0.641. The van der Waals surface area contributed by atoms with E-state index in [9.17, 15) is 8.78 Å². The molecule has 0 atom stereocenters. The molecule has 5 rings (SSSR count). The first-order valence-corrected chi connectivity index (χ1v) is 9.44. The topological polar surface area (TPSA) is 49.6 Å². The average molecular weight is 382 g/mol. The minimum atomic E-state index is -2.70. The predicted molar refractivity (Wildman–Crippen MR) is 103 cm³/mol. The second kappa shape index (κ2) is 6.94. The fourth-order valence-electron chi connectivity index (χ4n) is 3.98. The van der Waals surface area contributed by atoms with Crippen molar-refractivity contribution in [1.82, 2.24) is 24.7 Å². The van der Waals surface area contributed by atoms with Crippen LogP contribution in [0.1, 0.15) is 23.4 Å². The average Bonchev–Trinajstić information content (AvgIpc) is 3.32. The van der Waals surface area contributed by atoms with E-state index in [1.165, 1.54) is 16.7 Å². The van der Waals surface area contributed by atoms with Crippen molar-refractivity contribution in [3.05, 3.63) is 59.4 Å². The van der Waals surface area contributed by atoms with Gasteiger partial charge in [0.1, 0.15) is 5.82 Å². The third-order valence-electron chi connectivity index (χ3n) is 5.49. The Hall–Kier alpha value is -2.87. The Morgan fingerprint density at radius 1 is 0.964 bits per heavy atom. The van der Waals surface area contributed by atoms with Crippen molar-refractivity contribution in [1.29, 1.82) is 0 Å². The predicted octanol–water partition coefficient (Wildman–Crippen LogP) is 2.82. The number of hydrogen-bond donors (Lipinski definition) is 0. The first-order valence-electron chi connectivity index (χ1n) is 9.44. The van der Waals surface area contributed by atoms with Gasteiger partial charge in [0, 0.05) is 32.7 Å². The van der Waals surface area contributed by atoms with E-state index >= 15 is 0 Å². The Morgan fingerprint density at radius 2 is 1.79 bits per heavy atom. The highest BCUT2D eigenvalue weighted by atomic mass is 19.3. The van der Waals surface area contributed by atoms with E-state index in [0.29, 0.717) is 11.5 Å². The van der Waals surface area contributed by atoms with E-state index < -0.39 is 12.2 Å². The Balaban J connectivity index is 1.26. The molecule has 0 radical (unpaired) electrons. The maximum absolute atomic E-state index is 13.1. The Bertz CT molecular complexity index is 1040. The van der Waals surface area contributed by atoms with E-state index in [2.05, 4.69) is 55.4 Å². The van der Waals surface area contributed by atoms with E-state index in [4.69, 9.17) is 0 Å². The maximum Gasteiger partial charge on any atom is 0.299 e. The fraction of sp³-hybridized carbons (Fsp3) is 0.350. The van der Waals surface area contributed by atoms with Crippen LogP contribution >= 0.6 is 0 Å². The van der Waals surface area contributed by atoms with Crippen LogP contribution in [0.3, 0.4) is 0 Å². The van der Waals surface area contributed by atoms with Crippen molar-refractivity contribution in [2.45, 2.75) is 12.8 Å². The summed E-state index contributed by atoms with van der Waals surface area (Å²) in [5, 5.41) is 11.6. The number of nitrogens with zero attached hydrogens (tertiary/aromatic N) is 6. The largest absolute Gasteiger partial charge is 0.353 e. The molecule has 0 bridgehead atoms. The quantitative estimate of drug-likeness (QED) is 0.695. The lowest BCUT2D eigenvalue weighted by molar-refractivity contribution is 0.137. The second-order valence-corrected chi connectivity index (χ2v) is 7.17. The third-order valence-corrected chi connectivity index (χ3v) is 5.49. The van der Waals surface area contributed by atoms with E-state index in [1.807, 2.05) is 6.07 Å². The van der Waals surface area contributed by atoms with Crippen molar-refractivity contribution < 1.29 is 8.78 Å². The molecule has 1 aliphatic carbocycles. The number of alkyl halides is 2. The van der Waals surface area contributed by atoms with Crippen LogP contribution in [-0.4, -0.2) is 57.4 Å². The highest BCUT2D eigenvalue weighted by Crippen LogP contribution is 2.28. The molecular formula is C20H20F2N6. The van der Waals surface area contributed by atoms with Gasteiger partial charge in [-0.25, -0.2) is 8.78 Å². The Kier molecular flexibility index (Phi) is 4.27. The summed E-state index contributed by atoms with van der Waals surface area (Å²) in [4.78, 5) is 4.56. The lowest BCUT2D eigenvalue weighted by Crippen LogP contribution is -2.47. The number of fused-ring (bicyclic) bond motifs is 2. The van der Waals surface area contributed by atoms with Crippen LogP contribution < -0.4 is 4.90 Å². The normalized spacial score (nSPS) is 17.4. The van der Waals surface area contributed by atoms with E-state index in [-0.39, 0.29) is 0 Å². The summed E-state index contributed by atoms with van der Waals surface area (Å²) >= 11 is 0. The summed E-state index contributed by atoms with van der Waals surface area (Å²) in [7, 11) is 0. The van der Waals surface area contributed by atoms with Gasteiger partial charge >= 0.3 is 0 Å². The molecule has 6 nitrogen and oxygen atoms in total. The fourth-order valence-corrected chi connectivity index (χ4v) is 3.98. The standard InChI is InChI=1S/C20H20F2N6/c21-19(22)20-24-23-17-7-8-18(25-28(17)20)27-11-9-26(10-12-27)13-15-6-5-14-3-1-2-4-16(14)15/h1-4,6-8,19H,5,9-13H2. The number of piperazine rings is 1. The van der Waals surface area contributed by atoms with Gasteiger partial charge in [0.2, 0.25) is 5.82 Å². The van der Waals surface area contributed by atoms with Crippen molar-refractivity contribution in [3.63, 3.8) is 0 Å². The summed E-state index contributed by atoms with van der Waals surface area (Å²) < 4.78 is 27.3. The highest BCUT2D eigenvalue weighted by molar-refractivity contribution is 5.74. The number of rotatable bonds is 4. The monoisotopic (exact) mass is 382 g/mol. The molecule has 3 heterocycles. The first-order chi connectivity index (χ1) is 13.7. The highest BCUT2D eigenvalue weighted by Gasteiger charge is 2.23. The Morgan fingerprint density at radius 3 is 2.61 bits per heavy atom. The molecule has 8 heteroatoms. The lowest BCUT2D eigenvalue weighted by Gasteiger charge is -2.35. The number of aromatic nitrogens is 4. The van der Waals surface area contributed by atoms with Crippen LogP contribution in [0.4, 0.5) is 14.6 Å². The van der Waals surface area contributed by atoms with Crippen molar-refractivity contribution >= 4 is 17.0 Å². The molecule has 2 aromatic heterocycles. The van der Waals surface area contributed by atoms with Crippen LogP contribution in [-0.2, 0) is 6.42 Å². The van der Waals surface area contributed by atoms with Gasteiger partial charge in [-0.2, -0.15) is 4.52 Å². The number of benzene rings is 1. The van der Waals surface area contributed by atoms with Crippen LogP contribution in [0, 0.1) is 0 Å². The van der Waals surface area contributed by atoms with E-state index in [1.54, 1.807) is 6.07 Å². The minimum absolute atomic E-state index is 0.338. The minimum Gasteiger partial charge on any atom is -0.353 e. The number of halogens is 2. The van der Waals surface area contributed by atoms with Gasteiger partial charge in [-0.3, -0.25) is 4.90 Å². The van der Waals surface area contributed by atoms with Crippen molar-refractivity contribution in [2.24, 2.45) is 0 Å². The SMILES string of the molecule is FC(F)c1nnc2ccc(N3CCN(CC4=CCc5ccccc54)CC3)nn12. The zero-order chi connectivity index (χ0) is 19.1. The Labute approximate surface area is 161 Å². The van der Waals surface area contributed by atoms with Crippen molar-refractivity contribution in [2.75, 3.05) is 37.6 Å². The summed E-state index contributed by atoms with van der Waals surface area (Å²) in [5.74, 6) is 0.265. The summed E-state index contributed by atoms with van der Waals surface area (Å²) in [6.45, 7) is 4.36. The first kappa shape index (κ1) is 17.2. The number of anilines is 1. The van der Waals surface area contributed by atoms with Crippen LogP contribution in [0.25, 0.3) is 11.2 Å². The molecule has 1 aromatic carbocycles. The molecule has 0 saturated carbocycles. The van der Waals surface area contributed by atoms with Gasteiger partial charge in [-0.05, 0) is 35.3 Å². The molecule has 0 N–H and O–H groups in total. The lowest BCUT2D eigenvalue weighted by atomic mass is 10.1. The molecule has 2 aliphatic rings. The van der Waals surface area contributed by atoms with Crippen LogP contribution in [0.5, 0.6) is 0 Å². The van der Waals surface area contributed by atoms with Gasteiger partial charge in [-0.1, -0.05) is 30.3 Å². The summed E-state index contributed by atoms with van der Waals surface area (Å²) in [5.41, 5.74) is 4.50. The smallest absolute Gasteiger partial charge is 0.299 e. The molecule has 0 amide bonds. The maximum atomic E-state index is 13.1. The molecule has 1 fully saturated rings. The van der Waals surface area contributed by atoms with Gasteiger partial charge in [-0.15, -0.1) is 15.3 Å². The molecule has 1 aliphatic heterocycles. The zero-order valence-electron chi connectivity index (χ0n) is 15.3. The molecular weight excluding hydrogens is 362 g/mol. The van der Waals surface area contributed by atoms with Crippen LogP contribution in [0.15, 0.2) is 42.5 Å². The molecule has 144 valence electrons. The number of allylic oxidation sites excluding steroid dienone is 1. The third kappa shape index (κ3) is 3.03. The van der Waals surface area contributed by atoms with Crippen molar-refractivity contribution in [3.8, 4) is 0 Å². The van der Waals surface area contributed by atoms with Gasteiger partial charge in [0.25, 0.3) is 6.43 Å². The van der Waals surface area contributed by atoms with Crippen LogP contribution in [0.2, 0.25) is 0 Å². The summed E-state index contributed by atoms with van der Waals surface area (Å²) in [6, 6.07) is 12.1. The van der Waals surface area contributed by atoms with Gasteiger partial charge < -0.3 is 4.90 Å². The van der Waals surface area contributed by atoms with Gasteiger partial charge in [0.15, 0.2) is 5.65 Å². The molecule has 28 heavy (non-hydrogen) atoms. The molecule has 0 unspecified atom stereocenters. The second-order valence-electron chi connectivity index (χ2n) is 7.17. The molecule has 1 saturated heterocycles. The van der Waals surface area contributed by atoms with E-state index in [0.717, 1.165) is 43.7 Å². The zero-order valence-corrected chi connectivity index (χ0v) is 15.3. The molecule has 3 aromatic rings. The van der Waals surface area contributed by atoms with Gasteiger partial charge in [0.05, 0.1) is 0 Å².